The second kappa shape index (κ2) is 5.85. The lowest BCUT2D eigenvalue weighted by Crippen LogP contribution is -2.41. The van der Waals surface area contributed by atoms with Gasteiger partial charge in [0.25, 0.3) is 0 Å². The Morgan fingerprint density at radius 1 is 1.27 bits per heavy atom. The van der Waals surface area contributed by atoms with Gasteiger partial charge >= 0.3 is 0 Å². The Labute approximate surface area is 91.0 Å². The molecular formula is C11H20N2O2. The van der Waals surface area contributed by atoms with Crippen LogP contribution in [0.15, 0.2) is 0 Å². The van der Waals surface area contributed by atoms with Crippen LogP contribution in [0.1, 0.15) is 39.5 Å². The van der Waals surface area contributed by atoms with Crippen molar-refractivity contribution in [3.63, 3.8) is 0 Å². The van der Waals surface area contributed by atoms with E-state index < -0.39 is 0 Å². The summed E-state index contributed by atoms with van der Waals surface area (Å²) in [6, 6.07) is 0.456. The number of hydrogen-bond acceptors (Lipinski definition) is 3. The van der Waals surface area contributed by atoms with Crippen molar-refractivity contribution in [1.29, 1.82) is 0 Å². The molecule has 15 heavy (non-hydrogen) atoms. The van der Waals surface area contributed by atoms with E-state index in [4.69, 9.17) is 0 Å². The highest BCUT2D eigenvalue weighted by molar-refractivity contribution is 5.97. The molecule has 4 heteroatoms. The molecule has 0 aromatic carbocycles. The predicted molar refractivity (Wildman–Crippen MR) is 58.3 cm³/mol. The van der Waals surface area contributed by atoms with E-state index in [1.807, 2.05) is 0 Å². The molecular weight excluding hydrogens is 192 g/mol. The largest absolute Gasteiger partial charge is 0.314 e. The molecule has 0 unspecified atom stereocenters. The Hall–Kier alpha value is -0.900. The van der Waals surface area contributed by atoms with E-state index in [2.05, 4.69) is 19.2 Å². The van der Waals surface area contributed by atoms with Crippen LogP contribution in [0.3, 0.4) is 0 Å². The number of hydrogen-bond donors (Lipinski definition) is 1. The van der Waals surface area contributed by atoms with Crippen LogP contribution in [0.2, 0.25) is 0 Å². The molecule has 0 spiro atoms. The van der Waals surface area contributed by atoms with E-state index in [-0.39, 0.29) is 11.8 Å². The molecule has 0 aliphatic carbocycles. The van der Waals surface area contributed by atoms with Gasteiger partial charge in [-0.2, -0.15) is 0 Å². The molecule has 86 valence electrons. The van der Waals surface area contributed by atoms with E-state index in [0.717, 1.165) is 19.4 Å². The van der Waals surface area contributed by atoms with Gasteiger partial charge in [-0.15, -0.1) is 0 Å². The molecule has 4 nitrogen and oxygen atoms in total. The molecule has 1 heterocycles. The average Bonchev–Trinajstić information content (AvgIpc) is 2.15. The van der Waals surface area contributed by atoms with Gasteiger partial charge in [0, 0.05) is 25.4 Å². The average molecular weight is 212 g/mol. The summed E-state index contributed by atoms with van der Waals surface area (Å²) in [6.07, 6.45) is 2.63. The number of imide groups is 1. The third-order valence-corrected chi connectivity index (χ3v) is 2.49. The topological polar surface area (TPSA) is 49.4 Å². The number of nitrogens with zero attached hydrogens (tertiary/aromatic N) is 1. The molecule has 0 aromatic rings. The lowest BCUT2D eigenvalue weighted by atomic mass is 10.1. The van der Waals surface area contributed by atoms with Crippen LogP contribution in [0.25, 0.3) is 0 Å². The second-order valence-electron chi connectivity index (χ2n) is 4.26. The van der Waals surface area contributed by atoms with Gasteiger partial charge in [0.2, 0.25) is 11.8 Å². The van der Waals surface area contributed by atoms with E-state index in [1.165, 1.54) is 4.90 Å². The number of likely N-dealkylation sites (tertiary alicyclic amines) is 1. The minimum Gasteiger partial charge on any atom is -0.314 e. The first kappa shape index (κ1) is 12.2. The Balaban J connectivity index is 2.24. The fourth-order valence-corrected chi connectivity index (χ4v) is 1.68. The first-order valence-corrected chi connectivity index (χ1v) is 5.68. The predicted octanol–water partition coefficient (Wildman–Crippen LogP) is 0.914. The van der Waals surface area contributed by atoms with E-state index in [9.17, 15) is 9.59 Å². The zero-order valence-electron chi connectivity index (χ0n) is 9.58. The highest BCUT2D eigenvalue weighted by atomic mass is 16.2. The molecule has 1 N–H and O–H groups in total. The summed E-state index contributed by atoms with van der Waals surface area (Å²) < 4.78 is 0. The minimum absolute atomic E-state index is 0.00389. The normalized spacial score (nSPS) is 17.7. The summed E-state index contributed by atoms with van der Waals surface area (Å²) in [4.78, 5) is 24.2. The van der Waals surface area contributed by atoms with Crippen LogP contribution in [-0.4, -0.2) is 35.8 Å². The molecule has 2 amide bonds. The zero-order chi connectivity index (χ0) is 11.3. The minimum atomic E-state index is -0.00389. The Morgan fingerprint density at radius 3 is 2.40 bits per heavy atom. The van der Waals surface area contributed by atoms with Crippen molar-refractivity contribution in [2.45, 2.75) is 45.6 Å². The van der Waals surface area contributed by atoms with Gasteiger partial charge in [0.15, 0.2) is 0 Å². The summed E-state index contributed by atoms with van der Waals surface area (Å²) in [6.45, 7) is 5.58. The molecule has 1 aliphatic rings. The summed E-state index contributed by atoms with van der Waals surface area (Å²) in [7, 11) is 0. The monoisotopic (exact) mass is 212 g/mol. The lowest BCUT2D eigenvalue weighted by molar-refractivity contribution is -0.147. The Morgan fingerprint density at radius 2 is 1.87 bits per heavy atom. The van der Waals surface area contributed by atoms with Gasteiger partial charge in [-0.05, 0) is 19.4 Å². The van der Waals surface area contributed by atoms with Crippen LogP contribution < -0.4 is 5.32 Å². The zero-order valence-corrected chi connectivity index (χ0v) is 9.58. The molecule has 1 rings (SSSR count). The maximum absolute atomic E-state index is 11.4. The maximum atomic E-state index is 11.4. The van der Waals surface area contributed by atoms with Gasteiger partial charge in [-0.1, -0.05) is 13.8 Å². The second-order valence-corrected chi connectivity index (χ2v) is 4.26. The number of nitrogens with one attached hydrogen (secondary N) is 1. The number of carbonyl (C=O) groups is 2. The molecule has 0 aromatic heterocycles. The third-order valence-electron chi connectivity index (χ3n) is 2.49. The first-order chi connectivity index (χ1) is 7.11. The summed E-state index contributed by atoms with van der Waals surface area (Å²) in [5, 5.41) is 3.27. The number of piperidine rings is 1. The molecule has 1 saturated heterocycles. The molecule has 0 saturated carbocycles. The van der Waals surface area contributed by atoms with Crippen molar-refractivity contribution in [2.24, 2.45) is 0 Å². The SMILES string of the molecule is CC(C)NCCCN1C(=O)CCCC1=O. The van der Waals surface area contributed by atoms with E-state index in [1.54, 1.807) is 0 Å². The van der Waals surface area contributed by atoms with Crippen molar-refractivity contribution in [3.05, 3.63) is 0 Å². The van der Waals surface area contributed by atoms with Crippen LogP contribution >= 0.6 is 0 Å². The summed E-state index contributed by atoms with van der Waals surface area (Å²) in [5.74, 6) is -0.00778. The molecule has 0 atom stereocenters. The van der Waals surface area contributed by atoms with Crippen molar-refractivity contribution in [1.82, 2.24) is 10.2 Å². The standard InChI is InChI=1S/C11H20N2O2/c1-9(2)12-7-4-8-13-10(14)5-3-6-11(13)15/h9,12H,3-8H2,1-2H3. The van der Waals surface area contributed by atoms with Gasteiger partial charge in [0.05, 0.1) is 0 Å². The summed E-state index contributed by atoms with van der Waals surface area (Å²) >= 11 is 0. The van der Waals surface area contributed by atoms with E-state index >= 15 is 0 Å². The van der Waals surface area contributed by atoms with Crippen LogP contribution in [0, 0.1) is 0 Å². The van der Waals surface area contributed by atoms with Crippen molar-refractivity contribution < 1.29 is 9.59 Å². The fraction of sp³-hybridized carbons (Fsp3) is 0.818. The summed E-state index contributed by atoms with van der Waals surface area (Å²) in [5.41, 5.74) is 0. The van der Waals surface area contributed by atoms with Gasteiger partial charge in [0.1, 0.15) is 0 Å². The third kappa shape index (κ3) is 4.00. The molecule has 0 radical (unpaired) electrons. The van der Waals surface area contributed by atoms with Gasteiger partial charge in [-0.3, -0.25) is 14.5 Å². The number of amides is 2. The fourth-order valence-electron chi connectivity index (χ4n) is 1.68. The number of carbonyl (C=O) groups excluding carboxylic acids is 2. The highest BCUT2D eigenvalue weighted by Gasteiger charge is 2.24. The highest BCUT2D eigenvalue weighted by Crippen LogP contribution is 2.12. The lowest BCUT2D eigenvalue weighted by Gasteiger charge is -2.24. The van der Waals surface area contributed by atoms with Crippen molar-refractivity contribution in [2.75, 3.05) is 13.1 Å². The Bertz CT molecular complexity index is 223. The molecule has 1 fully saturated rings. The van der Waals surface area contributed by atoms with Crippen LogP contribution in [0.5, 0.6) is 0 Å². The van der Waals surface area contributed by atoms with Crippen LogP contribution in [0.4, 0.5) is 0 Å². The maximum Gasteiger partial charge on any atom is 0.229 e. The first-order valence-electron chi connectivity index (χ1n) is 5.68. The van der Waals surface area contributed by atoms with E-state index in [0.29, 0.717) is 25.4 Å². The number of rotatable bonds is 5. The molecule has 1 aliphatic heterocycles. The van der Waals surface area contributed by atoms with Crippen molar-refractivity contribution >= 4 is 11.8 Å². The quantitative estimate of drug-likeness (QED) is 0.544. The van der Waals surface area contributed by atoms with Crippen molar-refractivity contribution in [3.8, 4) is 0 Å². The van der Waals surface area contributed by atoms with Crippen LogP contribution in [-0.2, 0) is 9.59 Å². The molecule has 0 bridgehead atoms. The Kier molecular flexibility index (Phi) is 4.75. The van der Waals surface area contributed by atoms with Gasteiger partial charge in [-0.25, -0.2) is 0 Å². The van der Waals surface area contributed by atoms with Gasteiger partial charge < -0.3 is 5.32 Å². The smallest absolute Gasteiger partial charge is 0.229 e.